The van der Waals surface area contributed by atoms with Gasteiger partial charge in [-0.2, -0.15) is 0 Å². The first-order valence-corrected chi connectivity index (χ1v) is 7.55. The van der Waals surface area contributed by atoms with Crippen molar-refractivity contribution in [2.24, 2.45) is 9.89 Å². The molecule has 0 unspecified atom stereocenters. The summed E-state index contributed by atoms with van der Waals surface area (Å²) in [4.78, 5) is 0. The molecular formula is C12H20N2OSi. The average Bonchev–Trinajstić information content (AvgIpc) is 2.31. The average molecular weight is 236 g/mol. The van der Waals surface area contributed by atoms with Crippen LogP contribution in [0.15, 0.2) is 28.1 Å². The minimum atomic E-state index is -0.355. The lowest BCUT2D eigenvalue weighted by Crippen LogP contribution is -1.89. The van der Waals surface area contributed by atoms with Crippen LogP contribution in [0.25, 0.3) is 0 Å². The first-order valence-electron chi connectivity index (χ1n) is 5.92. The van der Waals surface area contributed by atoms with Gasteiger partial charge < -0.3 is 5.11 Å². The Balaban J connectivity index is 2.57. The van der Waals surface area contributed by atoms with Crippen molar-refractivity contribution in [1.82, 2.24) is 0 Å². The van der Waals surface area contributed by atoms with Crippen LogP contribution in [0.3, 0.4) is 0 Å². The molecule has 0 bridgehead atoms. The van der Waals surface area contributed by atoms with Crippen LogP contribution in [0.1, 0.15) is 31.4 Å². The summed E-state index contributed by atoms with van der Waals surface area (Å²) in [5.74, 6) is 0.390. The molecule has 0 atom stereocenters. The van der Waals surface area contributed by atoms with Crippen LogP contribution in [0, 0.1) is 0 Å². The minimum absolute atomic E-state index is 0.355. The summed E-state index contributed by atoms with van der Waals surface area (Å²) in [6.07, 6.45) is 2.04. The molecular weight excluding hydrogens is 216 g/mol. The van der Waals surface area contributed by atoms with Crippen LogP contribution in [-0.2, 0) is 13.0 Å². The Morgan fingerprint density at radius 1 is 1.25 bits per heavy atom. The molecule has 0 aliphatic heterocycles. The lowest BCUT2D eigenvalue weighted by atomic mass is 10.1. The predicted octanol–water partition coefficient (Wildman–Crippen LogP) is 2.82. The first kappa shape index (κ1) is 12.9. The zero-order valence-corrected chi connectivity index (χ0v) is 11.5. The second-order valence-corrected chi connectivity index (χ2v) is 5.23. The summed E-state index contributed by atoms with van der Waals surface area (Å²) in [6, 6.07) is 7.04. The number of para-hydroxylation sites is 1. The van der Waals surface area contributed by atoms with E-state index in [1.807, 2.05) is 25.1 Å². The third kappa shape index (κ3) is 3.77. The van der Waals surface area contributed by atoms with Crippen LogP contribution in [0.5, 0.6) is 5.75 Å². The van der Waals surface area contributed by atoms with Gasteiger partial charge in [-0.1, -0.05) is 38.5 Å². The van der Waals surface area contributed by atoms with Crippen LogP contribution in [0.4, 0.5) is 0 Å². The van der Waals surface area contributed by atoms with Crippen molar-refractivity contribution in [1.29, 1.82) is 0 Å². The number of hydrogen-bond acceptors (Lipinski definition) is 3. The molecule has 1 aromatic carbocycles. The molecule has 0 heterocycles. The maximum absolute atomic E-state index is 9.90. The topological polar surface area (TPSA) is 45.0 Å². The standard InChI is InChI=1S/C12H20N2OSi/c1-3-8-16-14-13-9-11-7-5-6-10(4-2)12(11)15/h5-7,15H,3-4,8-9,16H2,1-2H3/b14-13+. The molecule has 0 aliphatic carbocycles. The van der Waals surface area contributed by atoms with E-state index in [0.29, 0.717) is 12.3 Å². The van der Waals surface area contributed by atoms with Crippen molar-refractivity contribution in [3.05, 3.63) is 29.3 Å². The number of rotatable bonds is 6. The van der Waals surface area contributed by atoms with Gasteiger partial charge in [0.2, 0.25) is 0 Å². The molecule has 1 N–H and O–H groups in total. The summed E-state index contributed by atoms with van der Waals surface area (Å²) in [6.45, 7) is 4.71. The van der Waals surface area contributed by atoms with E-state index in [1.54, 1.807) is 0 Å². The highest BCUT2D eigenvalue weighted by atomic mass is 28.2. The summed E-state index contributed by atoms with van der Waals surface area (Å²) in [7, 11) is -0.355. The van der Waals surface area contributed by atoms with Gasteiger partial charge in [0.05, 0.1) is 6.54 Å². The minimum Gasteiger partial charge on any atom is -0.507 e. The number of phenols is 1. The van der Waals surface area contributed by atoms with E-state index in [0.717, 1.165) is 17.5 Å². The van der Waals surface area contributed by atoms with E-state index in [1.165, 1.54) is 12.5 Å². The molecule has 3 nitrogen and oxygen atoms in total. The van der Waals surface area contributed by atoms with Crippen molar-refractivity contribution < 1.29 is 5.11 Å². The quantitative estimate of drug-likeness (QED) is 0.461. The second-order valence-electron chi connectivity index (χ2n) is 3.80. The fraction of sp³-hybridized carbons (Fsp3) is 0.500. The van der Waals surface area contributed by atoms with Crippen molar-refractivity contribution in [3.63, 3.8) is 0 Å². The summed E-state index contributed by atoms with van der Waals surface area (Å²) < 4.78 is 4.21. The van der Waals surface area contributed by atoms with E-state index in [-0.39, 0.29) is 9.68 Å². The number of nitrogens with zero attached hydrogens (tertiary/aromatic N) is 2. The molecule has 0 saturated heterocycles. The van der Waals surface area contributed by atoms with Crippen molar-refractivity contribution in [2.75, 3.05) is 0 Å². The van der Waals surface area contributed by atoms with Crippen LogP contribution >= 0.6 is 0 Å². The Kier molecular flexibility index (Phi) is 5.78. The highest BCUT2D eigenvalue weighted by molar-refractivity contribution is 6.32. The number of phenolic OH excluding ortho intramolecular Hbond substituents is 1. The highest BCUT2D eigenvalue weighted by Gasteiger charge is 2.03. The molecule has 1 rings (SSSR count). The van der Waals surface area contributed by atoms with Crippen molar-refractivity contribution in [2.45, 2.75) is 39.3 Å². The number of aromatic hydroxyl groups is 1. The fourth-order valence-electron chi connectivity index (χ4n) is 1.48. The van der Waals surface area contributed by atoms with Crippen LogP contribution in [0.2, 0.25) is 6.04 Å². The number of hydrogen-bond donors (Lipinski definition) is 1. The van der Waals surface area contributed by atoms with Gasteiger partial charge in [-0.3, -0.25) is 0 Å². The van der Waals surface area contributed by atoms with Gasteiger partial charge in [-0.05, 0) is 18.0 Å². The fourth-order valence-corrected chi connectivity index (χ4v) is 2.18. The third-order valence-corrected chi connectivity index (χ3v) is 3.96. The Morgan fingerprint density at radius 3 is 2.69 bits per heavy atom. The van der Waals surface area contributed by atoms with Gasteiger partial charge >= 0.3 is 0 Å². The molecule has 0 radical (unpaired) electrons. The summed E-state index contributed by atoms with van der Waals surface area (Å²) in [5, 5.41) is 14.0. The molecule has 4 heteroatoms. The number of benzene rings is 1. The molecule has 0 aromatic heterocycles. The lowest BCUT2D eigenvalue weighted by Gasteiger charge is -2.05. The summed E-state index contributed by atoms with van der Waals surface area (Å²) in [5.41, 5.74) is 1.87. The Hall–Kier alpha value is -1.16. The summed E-state index contributed by atoms with van der Waals surface area (Å²) >= 11 is 0. The molecule has 0 fully saturated rings. The molecule has 1 aromatic rings. The van der Waals surface area contributed by atoms with Gasteiger partial charge in [-0.15, -0.1) is 0 Å². The van der Waals surface area contributed by atoms with Gasteiger partial charge in [0.1, 0.15) is 5.75 Å². The zero-order chi connectivity index (χ0) is 11.8. The smallest absolute Gasteiger partial charge is 0.178 e. The van der Waals surface area contributed by atoms with Crippen LogP contribution < -0.4 is 0 Å². The van der Waals surface area contributed by atoms with E-state index in [4.69, 9.17) is 0 Å². The SMILES string of the molecule is CCC[SiH2]/N=N/Cc1cccc(CC)c1O. The largest absolute Gasteiger partial charge is 0.507 e. The Morgan fingerprint density at radius 2 is 2.00 bits per heavy atom. The van der Waals surface area contributed by atoms with Crippen molar-refractivity contribution in [3.8, 4) is 5.75 Å². The second kappa shape index (κ2) is 7.17. The van der Waals surface area contributed by atoms with Gasteiger partial charge in [0.15, 0.2) is 9.68 Å². The van der Waals surface area contributed by atoms with E-state index in [9.17, 15) is 5.11 Å². The monoisotopic (exact) mass is 236 g/mol. The van der Waals surface area contributed by atoms with Gasteiger partial charge in [0, 0.05) is 5.56 Å². The maximum atomic E-state index is 9.90. The Labute approximate surface area is 99.5 Å². The zero-order valence-electron chi connectivity index (χ0n) is 10.1. The van der Waals surface area contributed by atoms with E-state index in [2.05, 4.69) is 16.8 Å². The lowest BCUT2D eigenvalue weighted by molar-refractivity contribution is 0.461. The molecule has 0 aliphatic rings. The van der Waals surface area contributed by atoms with Gasteiger partial charge in [-0.25, -0.2) is 9.89 Å². The molecule has 16 heavy (non-hydrogen) atoms. The molecule has 0 saturated carbocycles. The highest BCUT2D eigenvalue weighted by Crippen LogP contribution is 2.23. The molecule has 0 amide bonds. The molecule has 0 spiro atoms. The normalized spacial score (nSPS) is 11.9. The van der Waals surface area contributed by atoms with Crippen LogP contribution in [-0.4, -0.2) is 14.8 Å². The first-order chi connectivity index (χ1) is 7.79. The predicted molar refractivity (Wildman–Crippen MR) is 69.7 cm³/mol. The van der Waals surface area contributed by atoms with E-state index < -0.39 is 0 Å². The molecule has 88 valence electrons. The van der Waals surface area contributed by atoms with Gasteiger partial charge in [0.25, 0.3) is 0 Å². The van der Waals surface area contributed by atoms with Crippen molar-refractivity contribution >= 4 is 9.68 Å². The number of aryl methyl sites for hydroxylation is 1. The third-order valence-electron chi connectivity index (χ3n) is 2.54. The Bertz CT molecular complexity index is 353. The van der Waals surface area contributed by atoms with E-state index >= 15 is 0 Å². The maximum Gasteiger partial charge on any atom is 0.178 e.